The number of rotatable bonds is 8. The van der Waals surface area contributed by atoms with Gasteiger partial charge >= 0.3 is 5.97 Å². The molecule has 0 spiro atoms. The highest BCUT2D eigenvalue weighted by atomic mass is 16.5. The highest BCUT2D eigenvalue weighted by Gasteiger charge is 2.27. The summed E-state index contributed by atoms with van der Waals surface area (Å²) < 4.78 is 5.16. The molecule has 30 heavy (non-hydrogen) atoms. The van der Waals surface area contributed by atoms with Crippen LogP contribution in [0.15, 0.2) is 29.3 Å². The quantitative estimate of drug-likeness (QED) is 0.385. The number of hydrogen-bond acceptors (Lipinski definition) is 4. The third-order valence-electron chi connectivity index (χ3n) is 5.42. The maximum atomic E-state index is 12.1. The summed E-state index contributed by atoms with van der Waals surface area (Å²) in [5, 5.41) is 6.33. The molecule has 2 rings (SSSR count). The van der Waals surface area contributed by atoms with Gasteiger partial charge in [-0.2, -0.15) is 0 Å². The summed E-state index contributed by atoms with van der Waals surface area (Å²) in [6.45, 7) is 11.1. The Kier molecular flexibility index (Phi) is 9.64. The van der Waals surface area contributed by atoms with Gasteiger partial charge in [0.05, 0.1) is 19.1 Å². The predicted octanol–water partition coefficient (Wildman–Crippen LogP) is 3.41. The fourth-order valence-corrected chi connectivity index (χ4v) is 3.38. The fraction of sp³-hybridized carbons (Fsp3) is 0.609. The summed E-state index contributed by atoms with van der Waals surface area (Å²) in [5.74, 6) is 0.777. The molecule has 1 aliphatic rings. The van der Waals surface area contributed by atoms with Gasteiger partial charge in [-0.1, -0.05) is 26.0 Å². The van der Waals surface area contributed by atoms with E-state index in [-0.39, 0.29) is 23.7 Å². The van der Waals surface area contributed by atoms with Crippen molar-refractivity contribution in [3.63, 3.8) is 0 Å². The number of aliphatic imine (C=N–C) groups is 1. The molecule has 1 aromatic rings. The summed E-state index contributed by atoms with van der Waals surface area (Å²) in [4.78, 5) is 31.1. The number of ether oxygens (including phenoxy) is 1. The molecule has 1 aliphatic heterocycles. The number of likely N-dealkylation sites (tertiary alicyclic amines) is 1. The van der Waals surface area contributed by atoms with E-state index in [1.807, 2.05) is 52.0 Å². The van der Waals surface area contributed by atoms with Crippen molar-refractivity contribution in [1.29, 1.82) is 0 Å². The van der Waals surface area contributed by atoms with Crippen molar-refractivity contribution in [2.75, 3.05) is 31.6 Å². The minimum absolute atomic E-state index is 0.00966. The second kappa shape index (κ2) is 12.2. The van der Waals surface area contributed by atoms with Gasteiger partial charge in [-0.15, -0.1) is 0 Å². The SMILES string of the molecule is CCNC(=NCc1cccc(NC(=O)C(C)CC)c1)N1CCC(C(=O)OCC)CC1. The van der Waals surface area contributed by atoms with Gasteiger partial charge in [-0.05, 0) is 50.8 Å². The predicted molar refractivity (Wildman–Crippen MR) is 120 cm³/mol. The standard InChI is InChI=1S/C23H36N4O3/c1-5-17(4)21(28)26-20-10-8-9-18(15-20)16-25-23(24-6-2)27-13-11-19(12-14-27)22(29)30-7-3/h8-10,15,17,19H,5-7,11-14,16H2,1-4H3,(H,24,25)(H,26,28). The molecule has 0 aromatic heterocycles. The number of guanidine groups is 1. The molecule has 0 saturated carbocycles. The number of amides is 1. The molecule has 7 heteroatoms. The average Bonchev–Trinajstić information content (AvgIpc) is 2.76. The van der Waals surface area contributed by atoms with Crippen molar-refractivity contribution >= 4 is 23.5 Å². The first-order valence-electron chi connectivity index (χ1n) is 11.1. The topological polar surface area (TPSA) is 83.0 Å². The fourth-order valence-electron chi connectivity index (χ4n) is 3.38. The lowest BCUT2D eigenvalue weighted by Crippen LogP contribution is -2.46. The van der Waals surface area contributed by atoms with Crippen LogP contribution in [0.4, 0.5) is 5.69 Å². The molecule has 1 fully saturated rings. The second-order valence-corrected chi connectivity index (χ2v) is 7.68. The summed E-state index contributed by atoms with van der Waals surface area (Å²) in [6.07, 6.45) is 2.37. The molecule has 0 bridgehead atoms. The maximum Gasteiger partial charge on any atom is 0.309 e. The zero-order valence-electron chi connectivity index (χ0n) is 18.7. The number of nitrogens with one attached hydrogen (secondary N) is 2. The van der Waals surface area contributed by atoms with Crippen LogP contribution in [-0.2, 0) is 20.9 Å². The number of benzene rings is 1. The Morgan fingerprint density at radius 1 is 1.23 bits per heavy atom. The maximum absolute atomic E-state index is 12.1. The zero-order valence-corrected chi connectivity index (χ0v) is 18.7. The lowest BCUT2D eigenvalue weighted by atomic mass is 9.97. The lowest BCUT2D eigenvalue weighted by molar-refractivity contribution is -0.149. The van der Waals surface area contributed by atoms with E-state index in [4.69, 9.17) is 9.73 Å². The van der Waals surface area contributed by atoms with Crippen LogP contribution in [-0.4, -0.2) is 49.0 Å². The third-order valence-corrected chi connectivity index (χ3v) is 5.42. The molecular weight excluding hydrogens is 380 g/mol. The van der Waals surface area contributed by atoms with Crippen molar-refractivity contribution in [3.05, 3.63) is 29.8 Å². The monoisotopic (exact) mass is 416 g/mol. The van der Waals surface area contributed by atoms with E-state index in [1.165, 1.54) is 0 Å². The minimum Gasteiger partial charge on any atom is -0.466 e. The summed E-state index contributed by atoms with van der Waals surface area (Å²) >= 11 is 0. The van der Waals surface area contributed by atoms with Gasteiger partial charge in [-0.25, -0.2) is 4.99 Å². The smallest absolute Gasteiger partial charge is 0.309 e. The zero-order chi connectivity index (χ0) is 21.9. The summed E-state index contributed by atoms with van der Waals surface area (Å²) in [7, 11) is 0. The van der Waals surface area contributed by atoms with Crippen LogP contribution in [0, 0.1) is 11.8 Å². The van der Waals surface area contributed by atoms with E-state index in [0.717, 1.165) is 56.1 Å². The van der Waals surface area contributed by atoms with Gasteiger partial charge in [0.15, 0.2) is 5.96 Å². The van der Waals surface area contributed by atoms with Crippen molar-refractivity contribution in [2.45, 2.75) is 53.5 Å². The molecule has 1 heterocycles. The van der Waals surface area contributed by atoms with Crippen molar-refractivity contribution < 1.29 is 14.3 Å². The third kappa shape index (κ3) is 7.04. The molecule has 1 atom stereocenters. The number of anilines is 1. The summed E-state index contributed by atoms with van der Waals surface area (Å²) in [5.41, 5.74) is 1.84. The molecule has 0 aliphatic carbocycles. The number of piperidine rings is 1. The first-order valence-corrected chi connectivity index (χ1v) is 11.1. The van der Waals surface area contributed by atoms with Crippen LogP contribution >= 0.6 is 0 Å². The molecule has 1 unspecified atom stereocenters. The van der Waals surface area contributed by atoms with E-state index in [9.17, 15) is 9.59 Å². The van der Waals surface area contributed by atoms with E-state index < -0.39 is 0 Å². The van der Waals surface area contributed by atoms with Gasteiger partial charge in [0.2, 0.25) is 5.91 Å². The van der Waals surface area contributed by atoms with Crippen LogP contribution in [0.2, 0.25) is 0 Å². The number of hydrogen-bond donors (Lipinski definition) is 2. The van der Waals surface area contributed by atoms with Crippen LogP contribution in [0.5, 0.6) is 0 Å². The molecular formula is C23H36N4O3. The highest BCUT2D eigenvalue weighted by molar-refractivity contribution is 5.92. The van der Waals surface area contributed by atoms with Crippen LogP contribution in [0.3, 0.4) is 0 Å². The van der Waals surface area contributed by atoms with Crippen molar-refractivity contribution in [1.82, 2.24) is 10.2 Å². The van der Waals surface area contributed by atoms with E-state index in [2.05, 4.69) is 15.5 Å². The largest absolute Gasteiger partial charge is 0.466 e. The Bertz CT molecular complexity index is 727. The minimum atomic E-state index is -0.0876. The van der Waals surface area contributed by atoms with Crippen molar-refractivity contribution in [3.8, 4) is 0 Å². The number of esters is 1. The van der Waals surface area contributed by atoms with Gasteiger partial charge in [0.25, 0.3) is 0 Å². The van der Waals surface area contributed by atoms with E-state index >= 15 is 0 Å². The Morgan fingerprint density at radius 2 is 1.97 bits per heavy atom. The van der Waals surface area contributed by atoms with Crippen LogP contribution in [0.1, 0.15) is 52.5 Å². The van der Waals surface area contributed by atoms with Gasteiger partial charge in [-0.3, -0.25) is 9.59 Å². The molecule has 7 nitrogen and oxygen atoms in total. The molecule has 0 radical (unpaired) electrons. The van der Waals surface area contributed by atoms with E-state index in [1.54, 1.807) is 0 Å². The normalized spacial score (nSPS) is 16.1. The molecule has 1 saturated heterocycles. The Balaban J connectivity index is 1.99. The number of nitrogens with zero attached hydrogens (tertiary/aromatic N) is 2. The molecule has 1 amide bonds. The van der Waals surface area contributed by atoms with Gasteiger partial charge < -0.3 is 20.3 Å². The number of carbonyl (C=O) groups excluding carboxylic acids is 2. The average molecular weight is 417 g/mol. The highest BCUT2D eigenvalue weighted by Crippen LogP contribution is 2.19. The number of carbonyl (C=O) groups is 2. The second-order valence-electron chi connectivity index (χ2n) is 7.68. The summed E-state index contributed by atoms with van der Waals surface area (Å²) in [6, 6.07) is 7.83. The Hall–Kier alpha value is -2.57. The Labute approximate surface area is 180 Å². The van der Waals surface area contributed by atoms with Crippen molar-refractivity contribution in [2.24, 2.45) is 16.8 Å². The van der Waals surface area contributed by atoms with Gasteiger partial charge in [0.1, 0.15) is 0 Å². The molecule has 1 aromatic carbocycles. The van der Waals surface area contributed by atoms with Crippen LogP contribution in [0.25, 0.3) is 0 Å². The first-order chi connectivity index (χ1) is 14.5. The van der Waals surface area contributed by atoms with Crippen LogP contribution < -0.4 is 10.6 Å². The first kappa shape index (κ1) is 23.7. The molecule has 2 N–H and O–H groups in total. The van der Waals surface area contributed by atoms with E-state index in [0.29, 0.717) is 13.2 Å². The van der Waals surface area contributed by atoms with Gasteiger partial charge in [0, 0.05) is 31.2 Å². The Morgan fingerprint density at radius 3 is 2.60 bits per heavy atom. The molecule has 166 valence electrons. The lowest BCUT2D eigenvalue weighted by Gasteiger charge is -2.33.